The molecule has 0 aromatic heterocycles. The predicted octanol–water partition coefficient (Wildman–Crippen LogP) is 6.14. The van der Waals surface area contributed by atoms with Crippen LogP contribution in [0.4, 0.5) is 9.59 Å². The number of carbonyl (C=O) groups excluding carboxylic acids is 3. The molecule has 8 nitrogen and oxygen atoms in total. The second-order valence-electron chi connectivity index (χ2n) is 14.9. The van der Waals surface area contributed by atoms with Crippen LogP contribution in [0.5, 0.6) is 0 Å². The number of rotatable bonds is 0. The van der Waals surface area contributed by atoms with E-state index in [9.17, 15) is 14.4 Å². The summed E-state index contributed by atoms with van der Waals surface area (Å²) in [6, 6.07) is -0.116. The van der Waals surface area contributed by atoms with E-state index in [1.165, 1.54) is 0 Å². The zero-order chi connectivity index (χ0) is 29.3. The van der Waals surface area contributed by atoms with E-state index in [4.69, 9.17) is 4.74 Å². The molecule has 0 spiro atoms. The third kappa shape index (κ3) is 34.3. The quantitative estimate of drug-likeness (QED) is 0.319. The molecular weight excluding hydrogens is 444 g/mol. The minimum absolute atomic E-state index is 0.102. The van der Waals surface area contributed by atoms with Crippen molar-refractivity contribution in [2.45, 2.75) is 152 Å². The van der Waals surface area contributed by atoms with Crippen molar-refractivity contribution in [3.8, 4) is 0 Å². The van der Waals surface area contributed by atoms with Crippen molar-refractivity contribution in [3.63, 3.8) is 0 Å². The van der Waals surface area contributed by atoms with Crippen LogP contribution in [-0.2, 0) is 9.53 Å². The van der Waals surface area contributed by atoms with Gasteiger partial charge in [0.05, 0.1) is 0 Å². The van der Waals surface area contributed by atoms with Crippen molar-refractivity contribution in [1.82, 2.24) is 21.3 Å². The number of urea groups is 1. The van der Waals surface area contributed by atoms with Gasteiger partial charge in [0.1, 0.15) is 5.60 Å². The van der Waals surface area contributed by atoms with Crippen molar-refractivity contribution in [2.24, 2.45) is 5.41 Å². The first kappa shape index (κ1) is 37.6. The van der Waals surface area contributed by atoms with Gasteiger partial charge in [0.25, 0.3) is 0 Å². The van der Waals surface area contributed by atoms with Crippen molar-refractivity contribution in [2.75, 3.05) is 0 Å². The van der Waals surface area contributed by atoms with Gasteiger partial charge in [-0.15, -0.1) is 0 Å². The largest absolute Gasteiger partial charge is 0.444 e. The average Bonchev–Trinajstić information content (AvgIpc) is 2.36. The van der Waals surface area contributed by atoms with Crippen LogP contribution in [0.2, 0.25) is 0 Å². The van der Waals surface area contributed by atoms with Crippen LogP contribution in [0.1, 0.15) is 125 Å². The van der Waals surface area contributed by atoms with Gasteiger partial charge >= 0.3 is 12.1 Å². The molecule has 0 heterocycles. The smallest absolute Gasteiger partial charge is 0.408 e. The summed E-state index contributed by atoms with van der Waals surface area (Å²) in [5, 5.41) is 11.3. The highest BCUT2D eigenvalue weighted by molar-refractivity contribution is 5.81. The highest BCUT2D eigenvalue weighted by Gasteiger charge is 2.25. The second-order valence-corrected chi connectivity index (χ2v) is 14.9. The molecule has 210 valence electrons. The van der Waals surface area contributed by atoms with Gasteiger partial charge in [0, 0.05) is 27.6 Å². The molecule has 0 saturated carbocycles. The summed E-state index contributed by atoms with van der Waals surface area (Å²) in [6.45, 7) is 34.7. The molecule has 0 aromatic rings. The van der Waals surface area contributed by atoms with E-state index in [1.54, 1.807) is 0 Å². The summed E-state index contributed by atoms with van der Waals surface area (Å²) in [6.07, 6.45) is -0.366. The lowest BCUT2D eigenvalue weighted by atomic mass is 9.94. The Labute approximate surface area is 216 Å². The standard InChI is InChI=1S/C9H20N2O.C9H19NO2.C9H19NO/c1-8(2,3)10-7(12)11-9(4,5)6;1-8(2,3)10-7(11)12-9(4,5)6;1-8(2,3)7(11)10-9(4,5)6/h1-6H3,(H2,10,11,12);1-6H3,(H,10,11);1-6H3,(H,10,11). The summed E-state index contributed by atoms with van der Waals surface area (Å²) in [7, 11) is 0. The van der Waals surface area contributed by atoms with Gasteiger partial charge < -0.3 is 26.0 Å². The number of amides is 4. The van der Waals surface area contributed by atoms with Gasteiger partial charge in [-0.1, -0.05) is 20.8 Å². The SMILES string of the molecule is CC(C)(C)NC(=O)C(C)(C)C.CC(C)(C)NC(=O)NC(C)(C)C.CC(C)(C)NC(=O)OC(C)(C)C. The Hall–Kier alpha value is -1.99. The van der Waals surface area contributed by atoms with Crippen molar-refractivity contribution in [1.29, 1.82) is 0 Å². The summed E-state index contributed by atoms with van der Waals surface area (Å²) in [5.41, 5.74) is -1.40. The van der Waals surface area contributed by atoms with Crippen LogP contribution in [0, 0.1) is 5.41 Å². The van der Waals surface area contributed by atoms with Crippen molar-refractivity contribution >= 4 is 18.0 Å². The fourth-order valence-corrected chi connectivity index (χ4v) is 1.85. The topological polar surface area (TPSA) is 109 Å². The lowest BCUT2D eigenvalue weighted by Gasteiger charge is -2.26. The molecule has 0 radical (unpaired) electrons. The fourth-order valence-electron chi connectivity index (χ4n) is 1.85. The number of hydrogen-bond donors (Lipinski definition) is 4. The highest BCUT2D eigenvalue weighted by Crippen LogP contribution is 2.14. The van der Waals surface area contributed by atoms with Gasteiger partial charge in [0.2, 0.25) is 5.91 Å². The average molecular weight is 503 g/mol. The van der Waals surface area contributed by atoms with E-state index in [1.807, 2.05) is 125 Å². The maximum atomic E-state index is 11.4. The van der Waals surface area contributed by atoms with Crippen LogP contribution in [0.25, 0.3) is 0 Å². The Morgan fingerprint density at radius 1 is 0.457 bits per heavy atom. The maximum absolute atomic E-state index is 11.4. The number of alkyl carbamates (subject to hydrolysis) is 1. The van der Waals surface area contributed by atoms with Crippen molar-refractivity contribution in [3.05, 3.63) is 0 Å². The molecule has 8 heteroatoms. The van der Waals surface area contributed by atoms with E-state index < -0.39 is 5.60 Å². The minimum Gasteiger partial charge on any atom is -0.444 e. The first-order chi connectivity index (χ1) is 14.8. The van der Waals surface area contributed by atoms with Gasteiger partial charge in [-0.05, 0) is 104 Å². The van der Waals surface area contributed by atoms with Crippen LogP contribution >= 0.6 is 0 Å². The highest BCUT2D eigenvalue weighted by atomic mass is 16.6. The summed E-state index contributed by atoms with van der Waals surface area (Å²) >= 11 is 0. The third-order valence-electron chi connectivity index (χ3n) is 3.02. The monoisotopic (exact) mass is 502 g/mol. The van der Waals surface area contributed by atoms with Gasteiger partial charge in [0.15, 0.2) is 0 Å². The number of nitrogens with one attached hydrogen (secondary N) is 4. The fraction of sp³-hybridized carbons (Fsp3) is 0.889. The van der Waals surface area contributed by atoms with Crippen molar-refractivity contribution < 1.29 is 19.1 Å². The molecule has 35 heavy (non-hydrogen) atoms. The molecule has 0 fully saturated rings. The molecule has 0 unspecified atom stereocenters. The number of ether oxygens (including phenoxy) is 1. The molecule has 0 atom stereocenters. The molecule has 4 N–H and O–H groups in total. The predicted molar refractivity (Wildman–Crippen MR) is 148 cm³/mol. The second kappa shape index (κ2) is 13.4. The number of carbonyl (C=O) groups is 3. The van der Waals surface area contributed by atoms with Crippen LogP contribution in [0.15, 0.2) is 0 Å². The first-order valence-corrected chi connectivity index (χ1v) is 12.3. The Bertz CT molecular complexity index is 584. The molecule has 0 aromatic carbocycles. The van der Waals surface area contributed by atoms with E-state index in [0.717, 1.165) is 0 Å². The summed E-state index contributed by atoms with van der Waals surface area (Å²) in [4.78, 5) is 33.8. The molecular formula is C27H58N4O4. The Morgan fingerprint density at radius 2 is 0.743 bits per heavy atom. The minimum atomic E-state index is -0.421. The maximum Gasteiger partial charge on any atom is 0.408 e. The summed E-state index contributed by atoms with van der Waals surface area (Å²) < 4.78 is 5.06. The molecule has 0 saturated heterocycles. The Morgan fingerprint density at radius 3 is 0.914 bits per heavy atom. The van der Waals surface area contributed by atoms with E-state index >= 15 is 0 Å². The lowest BCUT2D eigenvalue weighted by molar-refractivity contribution is -0.130. The van der Waals surface area contributed by atoms with Gasteiger partial charge in [-0.25, -0.2) is 9.59 Å². The molecule has 0 aliphatic heterocycles. The normalized spacial score (nSPS) is 12.6. The van der Waals surface area contributed by atoms with Crippen LogP contribution in [-0.4, -0.2) is 45.8 Å². The summed E-state index contributed by atoms with van der Waals surface area (Å²) in [5.74, 6) is 0.102. The lowest BCUT2D eigenvalue weighted by Crippen LogP contribution is -2.52. The Balaban J connectivity index is -0.000000439. The number of hydrogen-bond acceptors (Lipinski definition) is 4. The van der Waals surface area contributed by atoms with E-state index in [0.29, 0.717) is 0 Å². The third-order valence-corrected chi connectivity index (χ3v) is 3.02. The van der Waals surface area contributed by atoms with E-state index in [2.05, 4.69) is 21.3 Å². The van der Waals surface area contributed by atoms with Crippen LogP contribution < -0.4 is 21.3 Å². The molecule has 4 amide bonds. The molecule has 0 aliphatic rings. The Kier molecular flexibility index (Phi) is 14.3. The molecule has 0 rings (SSSR count). The van der Waals surface area contributed by atoms with Gasteiger partial charge in [-0.3, -0.25) is 4.79 Å². The van der Waals surface area contributed by atoms with Crippen LogP contribution in [0.3, 0.4) is 0 Å². The van der Waals surface area contributed by atoms with E-state index in [-0.39, 0.29) is 45.6 Å². The van der Waals surface area contributed by atoms with Gasteiger partial charge in [-0.2, -0.15) is 0 Å². The first-order valence-electron chi connectivity index (χ1n) is 12.3. The zero-order valence-corrected chi connectivity index (χ0v) is 26.1. The zero-order valence-electron chi connectivity index (χ0n) is 26.1. The molecule has 0 aliphatic carbocycles. The molecule has 0 bridgehead atoms.